The Morgan fingerprint density at radius 1 is 0.905 bits per heavy atom. The molecule has 0 saturated carbocycles. The van der Waals surface area contributed by atoms with Gasteiger partial charge in [0.25, 0.3) is 0 Å². The molecule has 0 atom stereocenters. The van der Waals surface area contributed by atoms with E-state index in [0.29, 0.717) is 9.54 Å². The second kappa shape index (κ2) is 7.28. The number of nitrogens with zero attached hydrogens (tertiary/aromatic N) is 2. The third kappa shape index (κ3) is 5.24. The molecule has 112 valence electrons. The van der Waals surface area contributed by atoms with Crippen LogP contribution in [-0.2, 0) is 0 Å². The zero-order valence-electron chi connectivity index (χ0n) is 12.0. The topological polar surface area (TPSA) is 81.4 Å². The van der Waals surface area contributed by atoms with Gasteiger partial charge in [-0.05, 0) is 56.8 Å². The fraction of sp³-hybridized carbons (Fsp3) is 0.385. The minimum absolute atomic E-state index is 0.494. The molecule has 2 rings (SSSR count). The van der Waals surface area contributed by atoms with Gasteiger partial charge >= 0.3 is 0 Å². The van der Waals surface area contributed by atoms with E-state index in [1.54, 1.807) is 0 Å². The Morgan fingerprint density at radius 3 is 1.71 bits per heavy atom. The van der Waals surface area contributed by atoms with Crippen molar-refractivity contribution in [3.8, 4) is 0 Å². The Morgan fingerprint density at radius 2 is 1.33 bits per heavy atom. The monoisotopic (exact) mass is 322 g/mol. The predicted octanol–water partition coefficient (Wildman–Crippen LogP) is 3.12. The van der Waals surface area contributed by atoms with Gasteiger partial charge in [-0.25, -0.2) is 9.97 Å². The fourth-order valence-electron chi connectivity index (χ4n) is 1.86. The number of aromatic amines is 2. The van der Waals surface area contributed by atoms with Gasteiger partial charge in [-0.1, -0.05) is 0 Å². The molecule has 0 aliphatic rings. The van der Waals surface area contributed by atoms with Crippen molar-refractivity contribution in [1.29, 1.82) is 0 Å². The Hall–Kier alpha value is -1.80. The molecule has 0 radical (unpaired) electrons. The second-order valence-corrected chi connectivity index (χ2v) is 5.49. The lowest BCUT2D eigenvalue weighted by molar-refractivity contribution is 0.891. The van der Waals surface area contributed by atoms with Crippen LogP contribution in [0.15, 0.2) is 12.1 Å². The standard InChI is InChI=1S/C13H18N6S2/c1-8-6-10(18-12(20)16-8)14-4-3-5-15-11-7-9(2)17-13(21)19-11/h6-7H,3-5H2,1-2H3,(H2,14,16,18,20)(H2,15,17,19,21). The van der Waals surface area contributed by atoms with Crippen LogP contribution in [0.5, 0.6) is 0 Å². The van der Waals surface area contributed by atoms with Crippen molar-refractivity contribution < 1.29 is 0 Å². The van der Waals surface area contributed by atoms with Crippen molar-refractivity contribution >= 4 is 36.1 Å². The molecule has 2 aromatic heterocycles. The highest BCUT2D eigenvalue weighted by molar-refractivity contribution is 7.71. The summed E-state index contributed by atoms with van der Waals surface area (Å²) < 4.78 is 0.989. The predicted molar refractivity (Wildman–Crippen MR) is 89.9 cm³/mol. The van der Waals surface area contributed by atoms with Crippen LogP contribution in [-0.4, -0.2) is 33.0 Å². The molecule has 0 saturated heterocycles. The first-order chi connectivity index (χ1) is 10.0. The van der Waals surface area contributed by atoms with Crippen LogP contribution >= 0.6 is 24.4 Å². The molecule has 0 aliphatic heterocycles. The van der Waals surface area contributed by atoms with Gasteiger partial charge in [-0.3, -0.25) is 0 Å². The lowest BCUT2D eigenvalue weighted by Crippen LogP contribution is -2.11. The SMILES string of the molecule is Cc1cc(NCCCNc2cc(C)[nH]c(=S)n2)nc(=S)[nH]1. The lowest BCUT2D eigenvalue weighted by atomic mass is 10.3. The Bertz CT molecular complexity index is 660. The van der Waals surface area contributed by atoms with Gasteiger partial charge in [0.2, 0.25) is 0 Å². The molecule has 0 bridgehead atoms. The van der Waals surface area contributed by atoms with Gasteiger partial charge in [-0.15, -0.1) is 0 Å². The maximum Gasteiger partial charge on any atom is 0.198 e. The number of aryl methyl sites for hydroxylation is 2. The summed E-state index contributed by atoms with van der Waals surface area (Å²) in [4.78, 5) is 14.4. The quantitative estimate of drug-likeness (QED) is 0.483. The number of nitrogens with one attached hydrogen (secondary N) is 4. The molecule has 8 heteroatoms. The Labute approximate surface area is 133 Å². The molecule has 0 spiro atoms. The Balaban J connectivity index is 1.77. The maximum atomic E-state index is 5.04. The lowest BCUT2D eigenvalue weighted by Gasteiger charge is -2.08. The minimum Gasteiger partial charge on any atom is -0.370 e. The molecule has 0 fully saturated rings. The molecule has 0 aliphatic carbocycles. The highest BCUT2D eigenvalue weighted by atomic mass is 32.1. The maximum absolute atomic E-state index is 5.04. The van der Waals surface area contributed by atoms with Crippen LogP contribution < -0.4 is 10.6 Å². The zero-order chi connectivity index (χ0) is 15.2. The summed E-state index contributed by atoms with van der Waals surface area (Å²) in [6, 6.07) is 3.87. The van der Waals surface area contributed by atoms with Crippen molar-refractivity contribution in [3.63, 3.8) is 0 Å². The summed E-state index contributed by atoms with van der Waals surface area (Å²) in [6.07, 6.45) is 0.929. The summed E-state index contributed by atoms with van der Waals surface area (Å²) in [5.74, 6) is 1.60. The molecular formula is C13H18N6S2. The second-order valence-electron chi connectivity index (χ2n) is 4.72. The van der Waals surface area contributed by atoms with Crippen LogP contribution in [0.1, 0.15) is 17.8 Å². The third-order valence-corrected chi connectivity index (χ3v) is 3.11. The van der Waals surface area contributed by atoms with E-state index in [4.69, 9.17) is 24.4 Å². The van der Waals surface area contributed by atoms with Crippen LogP contribution in [0.2, 0.25) is 0 Å². The number of H-pyrrole nitrogens is 2. The smallest absolute Gasteiger partial charge is 0.198 e. The number of anilines is 2. The van der Waals surface area contributed by atoms with Gasteiger partial charge in [-0.2, -0.15) is 0 Å². The molecule has 4 N–H and O–H groups in total. The highest BCUT2D eigenvalue weighted by Gasteiger charge is 1.97. The number of hydrogen-bond acceptors (Lipinski definition) is 6. The molecule has 0 unspecified atom stereocenters. The first-order valence-corrected chi connectivity index (χ1v) is 7.48. The van der Waals surface area contributed by atoms with E-state index in [0.717, 1.165) is 42.5 Å². The normalized spacial score (nSPS) is 10.4. The summed E-state index contributed by atoms with van der Waals surface area (Å²) in [6.45, 7) is 5.52. The van der Waals surface area contributed by atoms with Gasteiger partial charge in [0.05, 0.1) is 0 Å². The number of aromatic nitrogens is 4. The van der Waals surface area contributed by atoms with Crippen molar-refractivity contribution in [3.05, 3.63) is 33.1 Å². The van der Waals surface area contributed by atoms with E-state index >= 15 is 0 Å². The summed E-state index contributed by atoms with van der Waals surface area (Å²) in [5, 5.41) is 6.50. The summed E-state index contributed by atoms with van der Waals surface area (Å²) in [5.41, 5.74) is 1.99. The summed E-state index contributed by atoms with van der Waals surface area (Å²) in [7, 11) is 0. The van der Waals surface area contributed by atoms with Crippen LogP contribution in [0.25, 0.3) is 0 Å². The van der Waals surface area contributed by atoms with Crippen LogP contribution in [0.3, 0.4) is 0 Å². The molecule has 0 amide bonds. The average Bonchev–Trinajstić information content (AvgIpc) is 2.36. The molecule has 2 heterocycles. The van der Waals surface area contributed by atoms with Crippen molar-refractivity contribution in [2.75, 3.05) is 23.7 Å². The Kier molecular flexibility index (Phi) is 5.40. The van der Waals surface area contributed by atoms with E-state index in [1.807, 2.05) is 26.0 Å². The highest BCUT2D eigenvalue weighted by Crippen LogP contribution is 2.05. The van der Waals surface area contributed by atoms with E-state index in [9.17, 15) is 0 Å². The van der Waals surface area contributed by atoms with Crippen molar-refractivity contribution in [1.82, 2.24) is 19.9 Å². The molecule has 6 nitrogen and oxygen atoms in total. The first kappa shape index (κ1) is 15.6. The number of rotatable bonds is 6. The molecule has 21 heavy (non-hydrogen) atoms. The van der Waals surface area contributed by atoms with Gasteiger partial charge in [0, 0.05) is 24.5 Å². The van der Waals surface area contributed by atoms with Gasteiger partial charge < -0.3 is 20.6 Å². The molecule has 0 aromatic carbocycles. The van der Waals surface area contributed by atoms with Crippen molar-refractivity contribution in [2.24, 2.45) is 0 Å². The van der Waals surface area contributed by atoms with E-state index < -0.39 is 0 Å². The van der Waals surface area contributed by atoms with E-state index in [2.05, 4.69) is 30.6 Å². The zero-order valence-corrected chi connectivity index (χ0v) is 13.6. The largest absolute Gasteiger partial charge is 0.370 e. The average molecular weight is 322 g/mol. The van der Waals surface area contributed by atoms with Crippen LogP contribution in [0, 0.1) is 23.4 Å². The molecular weight excluding hydrogens is 304 g/mol. The minimum atomic E-state index is 0.494. The number of hydrogen-bond donors (Lipinski definition) is 4. The fourth-order valence-corrected chi connectivity index (χ4v) is 2.38. The van der Waals surface area contributed by atoms with E-state index in [1.165, 1.54) is 0 Å². The van der Waals surface area contributed by atoms with Crippen LogP contribution in [0.4, 0.5) is 11.6 Å². The van der Waals surface area contributed by atoms with Gasteiger partial charge in [0.15, 0.2) is 9.54 Å². The summed E-state index contributed by atoms with van der Waals surface area (Å²) >= 11 is 10.1. The third-order valence-electron chi connectivity index (χ3n) is 2.72. The van der Waals surface area contributed by atoms with Gasteiger partial charge in [0.1, 0.15) is 11.6 Å². The first-order valence-electron chi connectivity index (χ1n) is 6.66. The van der Waals surface area contributed by atoms with E-state index in [-0.39, 0.29) is 0 Å². The molecule has 2 aromatic rings. The van der Waals surface area contributed by atoms with Crippen molar-refractivity contribution in [2.45, 2.75) is 20.3 Å².